The third kappa shape index (κ3) is 1.57. The number of hydrogen-bond donors (Lipinski definition) is 1. The fourth-order valence-electron chi connectivity index (χ4n) is 0.888. The number of nitrogens with zero attached hydrogens (tertiary/aromatic N) is 2. The first kappa shape index (κ1) is 7.28. The van der Waals surface area contributed by atoms with Crippen molar-refractivity contribution >= 4 is 0 Å². The molecule has 3 nitrogen and oxygen atoms in total. The second-order valence-corrected chi connectivity index (χ2v) is 2.66. The largest absolute Gasteiger partial charge is 0.333 e. The molecule has 1 aromatic heterocycles. The summed E-state index contributed by atoms with van der Waals surface area (Å²) in [5.74, 6) is 0. The molecular weight excluding hydrogens is 126 g/mol. The Morgan fingerprint density at radius 3 is 2.90 bits per heavy atom. The van der Waals surface area contributed by atoms with Crippen molar-refractivity contribution in [2.75, 3.05) is 0 Å². The lowest BCUT2D eigenvalue weighted by Gasteiger charge is -2.06. The van der Waals surface area contributed by atoms with Crippen LogP contribution in [-0.4, -0.2) is 15.6 Å². The second-order valence-electron chi connectivity index (χ2n) is 2.66. The Morgan fingerprint density at radius 2 is 2.50 bits per heavy atom. The Kier molecular flexibility index (Phi) is 2.06. The first-order chi connectivity index (χ1) is 4.70. The second kappa shape index (κ2) is 2.84. The summed E-state index contributed by atoms with van der Waals surface area (Å²) in [5.41, 5.74) is 6.77. The van der Waals surface area contributed by atoms with Gasteiger partial charge in [-0.15, -0.1) is 0 Å². The summed E-state index contributed by atoms with van der Waals surface area (Å²) in [4.78, 5) is 3.98. The van der Waals surface area contributed by atoms with Crippen LogP contribution in [0.15, 0.2) is 12.5 Å². The summed E-state index contributed by atoms with van der Waals surface area (Å²) in [5, 5.41) is 0. The van der Waals surface area contributed by atoms with Crippen LogP contribution in [0.5, 0.6) is 0 Å². The molecule has 0 aliphatic rings. The lowest BCUT2D eigenvalue weighted by Crippen LogP contribution is -2.22. The molecule has 0 radical (unpaired) electrons. The Morgan fingerprint density at radius 1 is 1.80 bits per heavy atom. The molecule has 0 aliphatic carbocycles. The molecule has 1 heterocycles. The van der Waals surface area contributed by atoms with Gasteiger partial charge in [0.1, 0.15) is 0 Å². The molecule has 0 fully saturated rings. The van der Waals surface area contributed by atoms with Crippen LogP contribution in [0.25, 0.3) is 0 Å². The Hall–Kier alpha value is -0.830. The third-order valence-electron chi connectivity index (χ3n) is 1.41. The molecule has 1 unspecified atom stereocenters. The fraction of sp³-hybridized carbons (Fsp3) is 0.571. The van der Waals surface area contributed by atoms with Crippen molar-refractivity contribution in [1.29, 1.82) is 0 Å². The molecule has 0 aliphatic heterocycles. The first-order valence-corrected chi connectivity index (χ1v) is 3.42. The molecule has 0 saturated heterocycles. The highest BCUT2D eigenvalue weighted by molar-refractivity contribution is 4.94. The van der Waals surface area contributed by atoms with E-state index in [-0.39, 0.29) is 6.04 Å². The minimum Gasteiger partial charge on any atom is -0.333 e. The highest BCUT2D eigenvalue weighted by atomic mass is 15.1. The Bertz CT molecular complexity index is 202. The van der Waals surface area contributed by atoms with Gasteiger partial charge in [-0.3, -0.25) is 0 Å². The van der Waals surface area contributed by atoms with Crippen molar-refractivity contribution < 1.29 is 0 Å². The molecule has 10 heavy (non-hydrogen) atoms. The van der Waals surface area contributed by atoms with Crippen molar-refractivity contribution in [1.82, 2.24) is 9.55 Å². The summed E-state index contributed by atoms with van der Waals surface area (Å²) in [6.45, 7) is 4.86. The Balaban J connectivity index is 2.65. The first-order valence-electron chi connectivity index (χ1n) is 3.42. The van der Waals surface area contributed by atoms with Crippen molar-refractivity contribution in [3.8, 4) is 0 Å². The van der Waals surface area contributed by atoms with E-state index in [0.29, 0.717) is 0 Å². The average Bonchev–Trinajstić information content (AvgIpc) is 2.15. The number of aryl methyl sites for hydroxylation is 1. The van der Waals surface area contributed by atoms with Crippen LogP contribution in [0.2, 0.25) is 0 Å². The predicted molar refractivity (Wildman–Crippen MR) is 40.6 cm³/mol. The van der Waals surface area contributed by atoms with Crippen LogP contribution in [0.4, 0.5) is 0 Å². The van der Waals surface area contributed by atoms with Crippen LogP contribution in [0.3, 0.4) is 0 Å². The van der Waals surface area contributed by atoms with Gasteiger partial charge in [-0.1, -0.05) is 0 Å². The number of hydrogen-bond acceptors (Lipinski definition) is 2. The van der Waals surface area contributed by atoms with E-state index in [1.54, 1.807) is 6.33 Å². The molecule has 0 saturated carbocycles. The molecular formula is C7H13N3. The summed E-state index contributed by atoms with van der Waals surface area (Å²) in [6, 6.07) is 0.202. The van der Waals surface area contributed by atoms with E-state index in [9.17, 15) is 0 Å². The molecule has 0 aromatic carbocycles. The Labute approximate surface area is 60.9 Å². The standard InChI is InChI=1S/C7H13N3/c1-6(8)4-10-5-9-3-7(10)2/h3,5-6H,4,8H2,1-2H3. The summed E-state index contributed by atoms with van der Waals surface area (Å²) >= 11 is 0. The zero-order valence-electron chi connectivity index (χ0n) is 6.41. The van der Waals surface area contributed by atoms with Gasteiger partial charge in [0, 0.05) is 24.5 Å². The van der Waals surface area contributed by atoms with E-state index in [1.807, 2.05) is 24.6 Å². The molecule has 0 amide bonds. The minimum absolute atomic E-state index is 0.202. The van der Waals surface area contributed by atoms with Gasteiger partial charge >= 0.3 is 0 Å². The SMILES string of the molecule is Cc1cncn1CC(C)N. The molecule has 56 valence electrons. The lowest BCUT2D eigenvalue weighted by atomic mass is 10.3. The van der Waals surface area contributed by atoms with E-state index in [4.69, 9.17) is 5.73 Å². The fourth-order valence-corrected chi connectivity index (χ4v) is 0.888. The zero-order chi connectivity index (χ0) is 7.56. The van der Waals surface area contributed by atoms with Crippen LogP contribution in [-0.2, 0) is 6.54 Å². The van der Waals surface area contributed by atoms with E-state index < -0.39 is 0 Å². The van der Waals surface area contributed by atoms with E-state index in [2.05, 4.69) is 4.98 Å². The van der Waals surface area contributed by atoms with Gasteiger partial charge in [0.15, 0.2) is 0 Å². The van der Waals surface area contributed by atoms with Crippen LogP contribution < -0.4 is 5.73 Å². The highest BCUT2D eigenvalue weighted by Crippen LogP contribution is 1.96. The molecule has 0 spiro atoms. The van der Waals surface area contributed by atoms with Crippen LogP contribution >= 0.6 is 0 Å². The summed E-state index contributed by atoms with van der Waals surface area (Å²) in [6.07, 6.45) is 3.64. The molecule has 1 rings (SSSR count). The minimum atomic E-state index is 0.202. The molecule has 2 N–H and O–H groups in total. The van der Waals surface area contributed by atoms with Crippen molar-refractivity contribution in [2.45, 2.75) is 26.4 Å². The number of aromatic nitrogens is 2. The number of rotatable bonds is 2. The summed E-state index contributed by atoms with van der Waals surface area (Å²) < 4.78 is 2.05. The summed E-state index contributed by atoms with van der Waals surface area (Å²) in [7, 11) is 0. The van der Waals surface area contributed by atoms with Gasteiger partial charge < -0.3 is 10.3 Å². The lowest BCUT2D eigenvalue weighted by molar-refractivity contribution is 0.579. The van der Waals surface area contributed by atoms with E-state index >= 15 is 0 Å². The van der Waals surface area contributed by atoms with Crippen LogP contribution in [0, 0.1) is 6.92 Å². The van der Waals surface area contributed by atoms with Crippen molar-refractivity contribution in [3.05, 3.63) is 18.2 Å². The van der Waals surface area contributed by atoms with Crippen molar-refractivity contribution in [2.24, 2.45) is 5.73 Å². The van der Waals surface area contributed by atoms with E-state index in [1.165, 1.54) is 0 Å². The predicted octanol–water partition coefficient (Wildman–Crippen LogP) is 0.539. The molecule has 1 atom stereocenters. The number of nitrogens with two attached hydrogens (primary N) is 1. The topological polar surface area (TPSA) is 43.8 Å². The monoisotopic (exact) mass is 139 g/mol. The maximum absolute atomic E-state index is 5.60. The maximum Gasteiger partial charge on any atom is 0.0948 e. The number of imidazole rings is 1. The maximum atomic E-state index is 5.60. The van der Waals surface area contributed by atoms with E-state index in [0.717, 1.165) is 12.2 Å². The third-order valence-corrected chi connectivity index (χ3v) is 1.41. The van der Waals surface area contributed by atoms with Crippen molar-refractivity contribution in [3.63, 3.8) is 0 Å². The zero-order valence-corrected chi connectivity index (χ0v) is 6.41. The molecule has 1 aromatic rings. The van der Waals surface area contributed by atoms with Gasteiger partial charge in [0.25, 0.3) is 0 Å². The molecule has 0 bridgehead atoms. The highest BCUT2D eigenvalue weighted by Gasteiger charge is 1.97. The normalized spacial score (nSPS) is 13.5. The smallest absolute Gasteiger partial charge is 0.0948 e. The van der Waals surface area contributed by atoms with Gasteiger partial charge in [-0.2, -0.15) is 0 Å². The molecule has 3 heteroatoms. The van der Waals surface area contributed by atoms with Gasteiger partial charge in [-0.25, -0.2) is 4.98 Å². The average molecular weight is 139 g/mol. The van der Waals surface area contributed by atoms with Gasteiger partial charge in [0.05, 0.1) is 6.33 Å². The van der Waals surface area contributed by atoms with Gasteiger partial charge in [-0.05, 0) is 13.8 Å². The van der Waals surface area contributed by atoms with Crippen LogP contribution in [0.1, 0.15) is 12.6 Å². The van der Waals surface area contributed by atoms with Gasteiger partial charge in [0.2, 0.25) is 0 Å². The quantitative estimate of drug-likeness (QED) is 0.649.